The Bertz CT molecular complexity index is 1180. The van der Waals surface area contributed by atoms with Gasteiger partial charge in [-0.15, -0.1) is 6.42 Å². The molecule has 210 valence electrons. The van der Waals surface area contributed by atoms with Gasteiger partial charge in [0.1, 0.15) is 30.7 Å². The predicted octanol–water partition coefficient (Wildman–Crippen LogP) is 2.20. The van der Waals surface area contributed by atoms with Crippen LogP contribution in [0.1, 0.15) is 23.1 Å². The second-order valence-corrected chi connectivity index (χ2v) is 10.0. The van der Waals surface area contributed by atoms with Gasteiger partial charge < -0.3 is 25.2 Å². The zero-order valence-electron chi connectivity index (χ0n) is 21.7. The van der Waals surface area contributed by atoms with E-state index in [4.69, 9.17) is 22.8 Å². The van der Waals surface area contributed by atoms with Crippen molar-refractivity contribution in [3.63, 3.8) is 0 Å². The van der Waals surface area contributed by atoms with Crippen LogP contribution in [-0.2, 0) is 16.0 Å². The van der Waals surface area contributed by atoms with Crippen LogP contribution >= 0.6 is 11.6 Å². The molecule has 2 aromatic carbocycles. The maximum Gasteiger partial charge on any atom is 0.267 e. The summed E-state index contributed by atoms with van der Waals surface area (Å²) in [4.78, 5) is 26.4. The largest absolute Gasteiger partial charge is 0.489 e. The number of benzene rings is 2. The molecule has 4 atom stereocenters. The minimum absolute atomic E-state index is 0.0714. The van der Waals surface area contributed by atoms with Crippen LogP contribution < -0.4 is 15.4 Å². The smallest absolute Gasteiger partial charge is 0.267 e. The fourth-order valence-electron chi connectivity index (χ4n) is 4.59. The first-order chi connectivity index (χ1) is 18.4. The van der Waals surface area contributed by atoms with Crippen LogP contribution in [0.25, 0.3) is 0 Å². The fourth-order valence-corrected chi connectivity index (χ4v) is 4.92. The van der Waals surface area contributed by atoms with E-state index in [0.29, 0.717) is 15.7 Å². The molecule has 8 nitrogen and oxygen atoms in total. The lowest BCUT2D eigenvalue weighted by Gasteiger charge is -2.31. The molecular weight excluding hydrogens is 532 g/mol. The zero-order chi connectivity index (χ0) is 28.7. The summed E-state index contributed by atoms with van der Waals surface area (Å²) in [5, 5.41) is 27.4. The number of rotatable bonds is 11. The van der Waals surface area contributed by atoms with Gasteiger partial charge in [-0.2, -0.15) is 0 Å². The van der Waals surface area contributed by atoms with E-state index in [1.54, 1.807) is 56.3 Å². The summed E-state index contributed by atoms with van der Waals surface area (Å²) in [6, 6.07) is 9.66. The molecule has 2 aromatic rings. The van der Waals surface area contributed by atoms with Gasteiger partial charge in [-0.1, -0.05) is 47.9 Å². The van der Waals surface area contributed by atoms with E-state index in [9.17, 15) is 28.6 Å². The number of alkyl halides is 2. The number of aryl methyl sites for hydroxylation is 2. The SMILES string of the molecule is C#CCNC(=O)[C@@H]1CC(F)(F)CN1C(=O)[C@@H](O)[C@H](Cc1ccccc1)NC(O)COc1c(C)cc(Cl)cc1C. The van der Waals surface area contributed by atoms with Crippen molar-refractivity contribution in [1.29, 1.82) is 0 Å². The number of likely N-dealkylation sites (tertiary alicyclic amines) is 1. The Balaban J connectivity index is 1.77. The van der Waals surface area contributed by atoms with Crippen LogP contribution in [0.2, 0.25) is 5.02 Å². The van der Waals surface area contributed by atoms with E-state index in [1.807, 2.05) is 0 Å². The molecule has 0 radical (unpaired) electrons. The second-order valence-electron chi connectivity index (χ2n) is 9.57. The van der Waals surface area contributed by atoms with Crippen molar-refractivity contribution >= 4 is 23.4 Å². The minimum atomic E-state index is -3.32. The van der Waals surface area contributed by atoms with Gasteiger partial charge in [0.15, 0.2) is 0 Å². The molecule has 1 saturated heterocycles. The first-order valence-corrected chi connectivity index (χ1v) is 12.7. The lowest BCUT2D eigenvalue weighted by molar-refractivity contribution is -0.147. The Kier molecular flexibility index (Phi) is 10.3. The van der Waals surface area contributed by atoms with E-state index in [-0.39, 0.29) is 19.6 Å². The Hall–Kier alpha value is -3.23. The highest BCUT2D eigenvalue weighted by atomic mass is 35.5. The number of hydrogen-bond acceptors (Lipinski definition) is 6. The lowest BCUT2D eigenvalue weighted by atomic mass is 9.99. The molecule has 1 aliphatic heterocycles. The van der Waals surface area contributed by atoms with Crippen LogP contribution in [0, 0.1) is 26.2 Å². The van der Waals surface area contributed by atoms with E-state index in [0.717, 1.165) is 16.7 Å². The van der Waals surface area contributed by atoms with Crippen LogP contribution in [0.15, 0.2) is 42.5 Å². The van der Waals surface area contributed by atoms with Gasteiger partial charge >= 0.3 is 0 Å². The molecule has 11 heteroatoms. The van der Waals surface area contributed by atoms with E-state index in [1.165, 1.54) is 0 Å². The highest BCUT2D eigenvalue weighted by Gasteiger charge is 2.51. The van der Waals surface area contributed by atoms with Gasteiger partial charge in [0.25, 0.3) is 11.8 Å². The first kappa shape index (κ1) is 30.3. The van der Waals surface area contributed by atoms with E-state index < -0.39 is 55.1 Å². The maximum absolute atomic E-state index is 14.3. The number of terminal acetylenes is 1. The third-order valence-electron chi connectivity index (χ3n) is 6.37. The van der Waals surface area contributed by atoms with Crippen molar-refractivity contribution < 1.29 is 33.3 Å². The monoisotopic (exact) mass is 563 g/mol. The molecule has 1 aliphatic rings. The number of ether oxygens (including phenoxy) is 1. The van der Waals surface area contributed by atoms with Crippen molar-refractivity contribution in [3.8, 4) is 18.1 Å². The summed E-state index contributed by atoms with van der Waals surface area (Å²) in [7, 11) is 0. The van der Waals surface area contributed by atoms with Crippen molar-refractivity contribution in [1.82, 2.24) is 15.5 Å². The van der Waals surface area contributed by atoms with Gasteiger partial charge in [0.05, 0.1) is 13.1 Å². The highest BCUT2D eigenvalue weighted by molar-refractivity contribution is 6.30. The number of carbonyl (C=O) groups excluding carboxylic acids is 2. The van der Waals surface area contributed by atoms with Crippen LogP contribution in [-0.4, -0.2) is 77.0 Å². The predicted molar refractivity (Wildman–Crippen MR) is 142 cm³/mol. The Morgan fingerprint density at radius 3 is 2.49 bits per heavy atom. The van der Waals surface area contributed by atoms with Crippen molar-refractivity contribution in [3.05, 3.63) is 64.2 Å². The number of aliphatic hydroxyl groups is 2. The van der Waals surface area contributed by atoms with Crippen LogP contribution in [0.3, 0.4) is 0 Å². The summed E-state index contributed by atoms with van der Waals surface area (Å²) in [6.07, 6.45) is 1.10. The van der Waals surface area contributed by atoms with E-state index >= 15 is 0 Å². The van der Waals surface area contributed by atoms with Gasteiger partial charge in [-0.3, -0.25) is 14.9 Å². The van der Waals surface area contributed by atoms with E-state index in [2.05, 4.69) is 16.6 Å². The zero-order valence-corrected chi connectivity index (χ0v) is 22.4. The molecule has 4 N–H and O–H groups in total. The Labute approximate surface area is 231 Å². The van der Waals surface area contributed by atoms with Gasteiger partial charge in [-0.25, -0.2) is 8.78 Å². The molecule has 1 fully saturated rings. The van der Waals surface area contributed by atoms with Crippen LogP contribution in [0.4, 0.5) is 8.78 Å². The summed E-state index contributed by atoms with van der Waals surface area (Å²) in [5.74, 6) is -2.52. The van der Waals surface area contributed by atoms with Crippen molar-refractivity contribution in [2.45, 2.75) is 57.0 Å². The molecular formula is C28H32ClF2N3O5. The van der Waals surface area contributed by atoms with Gasteiger partial charge in [0.2, 0.25) is 5.91 Å². The molecule has 1 heterocycles. The third kappa shape index (κ3) is 8.13. The lowest BCUT2D eigenvalue weighted by Crippen LogP contribution is -2.57. The summed E-state index contributed by atoms with van der Waals surface area (Å²) < 4.78 is 34.3. The number of aliphatic hydroxyl groups excluding tert-OH is 2. The van der Waals surface area contributed by atoms with Crippen molar-refractivity contribution in [2.24, 2.45) is 0 Å². The average Bonchev–Trinajstić information content (AvgIpc) is 3.21. The highest BCUT2D eigenvalue weighted by Crippen LogP contribution is 2.33. The molecule has 0 aliphatic carbocycles. The molecule has 0 spiro atoms. The topological polar surface area (TPSA) is 111 Å². The summed E-state index contributed by atoms with van der Waals surface area (Å²) >= 11 is 6.06. The summed E-state index contributed by atoms with van der Waals surface area (Å²) in [6.45, 7) is 2.14. The number of nitrogens with zero attached hydrogens (tertiary/aromatic N) is 1. The van der Waals surface area contributed by atoms with Gasteiger partial charge in [-0.05, 0) is 49.1 Å². The van der Waals surface area contributed by atoms with Crippen molar-refractivity contribution in [2.75, 3.05) is 19.7 Å². The fraction of sp³-hybridized carbons (Fsp3) is 0.429. The molecule has 3 rings (SSSR count). The minimum Gasteiger partial charge on any atom is -0.489 e. The average molecular weight is 564 g/mol. The molecule has 39 heavy (non-hydrogen) atoms. The molecule has 0 bridgehead atoms. The number of amides is 2. The molecule has 1 unspecified atom stereocenters. The maximum atomic E-state index is 14.3. The number of carbonyl (C=O) groups is 2. The third-order valence-corrected chi connectivity index (χ3v) is 6.59. The molecule has 0 aromatic heterocycles. The van der Waals surface area contributed by atoms with Gasteiger partial charge in [0, 0.05) is 17.5 Å². The van der Waals surface area contributed by atoms with Crippen LogP contribution in [0.5, 0.6) is 5.75 Å². The molecule has 2 amide bonds. The molecule has 0 saturated carbocycles. The normalized spacial score (nSPS) is 18.6. The second kappa shape index (κ2) is 13.2. The number of nitrogens with one attached hydrogen (secondary N) is 2. The number of hydrogen-bond donors (Lipinski definition) is 4. The first-order valence-electron chi connectivity index (χ1n) is 12.4. The Morgan fingerprint density at radius 2 is 1.87 bits per heavy atom. The standard InChI is InChI=1S/C28H32ClF2N3O5/c1-4-10-32-26(37)22-14-28(30,31)16-34(22)27(38)24(36)21(13-19-8-6-5-7-9-19)33-23(35)15-39-25-17(2)11-20(29)12-18(25)3/h1,5-9,11-12,21-24,33,35-36H,10,13-16H2,2-3H3,(H,32,37)/t21-,22-,23?,24-/m0/s1. The Morgan fingerprint density at radius 1 is 1.23 bits per heavy atom. The number of halogens is 3. The summed E-state index contributed by atoms with van der Waals surface area (Å²) in [5.41, 5.74) is 2.23. The quantitative estimate of drug-likeness (QED) is 0.246.